The van der Waals surface area contributed by atoms with E-state index >= 15 is 0 Å². The highest BCUT2D eigenvalue weighted by atomic mass is 16.5. The fourth-order valence-corrected chi connectivity index (χ4v) is 3.72. The quantitative estimate of drug-likeness (QED) is 0.294. The zero-order valence-corrected chi connectivity index (χ0v) is 19.5. The number of ether oxygens (including phenoxy) is 2. The van der Waals surface area contributed by atoms with Crippen molar-refractivity contribution >= 4 is 11.5 Å². The van der Waals surface area contributed by atoms with Crippen molar-refractivity contribution < 1.29 is 9.47 Å². The van der Waals surface area contributed by atoms with Crippen molar-refractivity contribution in [2.24, 2.45) is 0 Å². The Bertz CT molecular complexity index is 1420. The zero-order valence-electron chi connectivity index (χ0n) is 19.5. The van der Waals surface area contributed by atoms with Gasteiger partial charge in [-0.2, -0.15) is 0 Å². The van der Waals surface area contributed by atoms with Gasteiger partial charge in [0.1, 0.15) is 17.3 Å². The van der Waals surface area contributed by atoms with Crippen LogP contribution in [0.5, 0.6) is 11.5 Å². The highest BCUT2D eigenvalue weighted by molar-refractivity contribution is 5.74. The first-order valence-electron chi connectivity index (χ1n) is 11.2. The summed E-state index contributed by atoms with van der Waals surface area (Å²) in [6.45, 7) is 0. The van der Waals surface area contributed by atoms with Crippen LogP contribution in [0, 0.1) is 0 Å². The lowest BCUT2D eigenvalue weighted by atomic mass is 10.0. The maximum atomic E-state index is 5.28. The van der Waals surface area contributed by atoms with Crippen LogP contribution in [0.4, 0.5) is 11.5 Å². The molecule has 3 aromatic carbocycles. The topological polar surface area (TPSA) is 69.2 Å². The molecule has 0 atom stereocenters. The van der Waals surface area contributed by atoms with E-state index in [0.29, 0.717) is 11.6 Å². The Morgan fingerprint density at radius 2 is 1.26 bits per heavy atom. The molecule has 0 aliphatic heterocycles. The number of rotatable bonds is 7. The molecule has 0 aliphatic rings. The van der Waals surface area contributed by atoms with E-state index in [1.807, 2.05) is 97.3 Å². The van der Waals surface area contributed by atoms with Gasteiger partial charge in [0.25, 0.3) is 0 Å². The molecule has 5 rings (SSSR count). The number of benzene rings is 3. The Morgan fingerprint density at radius 1 is 0.600 bits per heavy atom. The van der Waals surface area contributed by atoms with Crippen LogP contribution in [-0.2, 0) is 0 Å². The number of anilines is 2. The fourth-order valence-electron chi connectivity index (χ4n) is 3.72. The predicted molar refractivity (Wildman–Crippen MR) is 139 cm³/mol. The van der Waals surface area contributed by atoms with Crippen molar-refractivity contribution in [3.05, 3.63) is 103 Å². The highest BCUT2D eigenvalue weighted by Crippen LogP contribution is 2.29. The summed E-state index contributed by atoms with van der Waals surface area (Å²) >= 11 is 0. The lowest BCUT2D eigenvalue weighted by Crippen LogP contribution is -2.00. The predicted octanol–water partition coefficient (Wildman–Crippen LogP) is 6.63. The molecule has 6 heteroatoms. The van der Waals surface area contributed by atoms with Gasteiger partial charge in [-0.25, -0.2) is 9.97 Å². The summed E-state index contributed by atoms with van der Waals surface area (Å²) in [4.78, 5) is 14.1. The molecule has 0 radical (unpaired) electrons. The van der Waals surface area contributed by atoms with Crippen molar-refractivity contribution in [1.29, 1.82) is 0 Å². The monoisotopic (exact) mass is 460 g/mol. The molecule has 0 saturated heterocycles. The van der Waals surface area contributed by atoms with Crippen LogP contribution in [0.3, 0.4) is 0 Å². The van der Waals surface area contributed by atoms with E-state index in [4.69, 9.17) is 19.4 Å². The Labute approximate surface area is 204 Å². The molecule has 172 valence electrons. The van der Waals surface area contributed by atoms with E-state index in [9.17, 15) is 0 Å². The Morgan fingerprint density at radius 3 is 1.94 bits per heavy atom. The van der Waals surface area contributed by atoms with Gasteiger partial charge in [-0.15, -0.1) is 0 Å². The fraction of sp³-hybridized carbons (Fsp3) is 0.0690. The van der Waals surface area contributed by atoms with Crippen molar-refractivity contribution in [2.45, 2.75) is 0 Å². The van der Waals surface area contributed by atoms with Gasteiger partial charge in [0.05, 0.1) is 19.9 Å². The first kappa shape index (κ1) is 22.1. The lowest BCUT2D eigenvalue weighted by molar-refractivity contribution is 0.415. The van der Waals surface area contributed by atoms with Gasteiger partial charge in [0, 0.05) is 40.8 Å². The van der Waals surface area contributed by atoms with Crippen LogP contribution in [0.25, 0.3) is 33.8 Å². The van der Waals surface area contributed by atoms with Gasteiger partial charge in [-0.1, -0.05) is 42.5 Å². The molecule has 2 heterocycles. The van der Waals surface area contributed by atoms with Gasteiger partial charge in [0.2, 0.25) is 0 Å². The Balaban J connectivity index is 1.55. The maximum Gasteiger partial charge on any atom is 0.162 e. The molecular weight excluding hydrogens is 436 g/mol. The van der Waals surface area contributed by atoms with E-state index in [1.54, 1.807) is 14.2 Å². The van der Waals surface area contributed by atoms with E-state index in [1.165, 1.54) is 0 Å². The molecule has 0 unspecified atom stereocenters. The molecule has 1 N–H and O–H groups in total. The molecule has 0 amide bonds. The second-order valence-electron chi connectivity index (χ2n) is 7.87. The van der Waals surface area contributed by atoms with Crippen LogP contribution >= 0.6 is 0 Å². The molecule has 2 aromatic heterocycles. The van der Waals surface area contributed by atoms with Crippen molar-refractivity contribution in [1.82, 2.24) is 15.0 Å². The van der Waals surface area contributed by atoms with Crippen molar-refractivity contribution in [2.75, 3.05) is 19.5 Å². The van der Waals surface area contributed by atoms with Crippen LogP contribution in [-0.4, -0.2) is 29.2 Å². The minimum absolute atomic E-state index is 0.633. The van der Waals surface area contributed by atoms with E-state index in [-0.39, 0.29) is 0 Å². The summed E-state index contributed by atoms with van der Waals surface area (Å²) in [5.41, 5.74) is 5.56. The molecule has 5 aromatic rings. The Kier molecular flexibility index (Phi) is 6.35. The molecule has 35 heavy (non-hydrogen) atoms. The van der Waals surface area contributed by atoms with Crippen LogP contribution in [0.2, 0.25) is 0 Å². The first-order chi connectivity index (χ1) is 17.2. The van der Waals surface area contributed by atoms with E-state index in [2.05, 4.69) is 16.4 Å². The number of pyridine rings is 1. The second-order valence-corrected chi connectivity index (χ2v) is 7.87. The smallest absolute Gasteiger partial charge is 0.162 e. The summed E-state index contributed by atoms with van der Waals surface area (Å²) in [6, 6.07) is 29.6. The molecule has 0 aliphatic carbocycles. The lowest BCUT2D eigenvalue weighted by Gasteiger charge is -2.12. The maximum absolute atomic E-state index is 5.28. The van der Waals surface area contributed by atoms with Gasteiger partial charge in [0.15, 0.2) is 5.82 Å². The van der Waals surface area contributed by atoms with Gasteiger partial charge >= 0.3 is 0 Å². The van der Waals surface area contributed by atoms with E-state index < -0.39 is 0 Å². The highest BCUT2D eigenvalue weighted by Gasteiger charge is 2.11. The van der Waals surface area contributed by atoms with E-state index in [0.717, 1.165) is 45.1 Å². The molecule has 0 fully saturated rings. The number of hydrogen-bond acceptors (Lipinski definition) is 6. The number of nitrogens with one attached hydrogen (secondary N) is 1. The molecular formula is C29H24N4O2. The number of nitrogens with zero attached hydrogens (tertiary/aromatic N) is 3. The first-order valence-corrected chi connectivity index (χ1v) is 11.2. The standard InChI is InChI=1S/C29H24N4O2/c1-34-25-12-8-20(9-13-25)22-16-23(19-30-18-22)27-17-28(31-24-10-14-26(35-2)15-11-24)33-29(32-27)21-6-4-3-5-7-21/h3-19H,1-2H3,(H,31,32,33). The van der Waals surface area contributed by atoms with Crippen molar-refractivity contribution in [3.8, 4) is 45.3 Å². The van der Waals surface area contributed by atoms with Crippen LogP contribution < -0.4 is 14.8 Å². The van der Waals surface area contributed by atoms with Crippen LogP contribution in [0.15, 0.2) is 103 Å². The third-order valence-corrected chi connectivity index (χ3v) is 5.58. The summed E-state index contributed by atoms with van der Waals surface area (Å²) in [5, 5.41) is 3.39. The molecule has 0 bridgehead atoms. The third-order valence-electron chi connectivity index (χ3n) is 5.58. The van der Waals surface area contributed by atoms with Gasteiger partial charge in [-0.3, -0.25) is 4.98 Å². The summed E-state index contributed by atoms with van der Waals surface area (Å²) in [5.74, 6) is 2.93. The van der Waals surface area contributed by atoms with Gasteiger partial charge in [-0.05, 0) is 48.0 Å². The minimum atomic E-state index is 0.633. The van der Waals surface area contributed by atoms with Crippen LogP contribution in [0.1, 0.15) is 0 Å². The number of methoxy groups -OCH3 is 2. The summed E-state index contributed by atoms with van der Waals surface area (Å²) < 4.78 is 10.5. The molecule has 0 spiro atoms. The largest absolute Gasteiger partial charge is 0.497 e. The van der Waals surface area contributed by atoms with Crippen molar-refractivity contribution in [3.63, 3.8) is 0 Å². The SMILES string of the molecule is COc1ccc(Nc2cc(-c3cncc(-c4ccc(OC)cc4)c3)nc(-c3ccccc3)n2)cc1. The number of aromatic nitrogens is 3. The van der Waals surface area contributed by atoms with Gasteiger partial charge < -0.3 is 14.8 Å². The average Bonchev–Trinajstić information content (AvgIpc) is 2.94. The molecule has 0 saturated carbocycles. The minimum Gasteiger partial charge on any atom is -0.497 e. The summed E-state index contributed by atoms with van der Waals surface area (Å²) in [6.07, 6.45) is 3.67. The third kappa shape index (κ3) is 5.12. The molecule has 6 nitrogen and oxygen atoms in total. The summed E-state index contributed by atoms with van der Waals surface area (Å²) in [7, 11) is 3.31. The Hall–Kier alpha value is -4.71. The zero-order chi connectivity index (χ0) is 24.0. The normalized spacial score (nSPS) is 10.6. The average molecular weight is 461 g/mol. The number of hydrogen-bond donors (Lipinski definition) is 1. The second kappa shape index (κ2) is 10.1.